The minimum atomic E-state index is -0.719. The highest BCUT2D eigenvalue weighted by atomic mass is 32.2. The van der Waals surface area contributed by atoms with Gasteiger partial charge < -0.3 is 9.47 Å². The molecule has 0 heterocycles. The Hall–Kier alpha value is -3.05. The molecule has 3 aromatic rings. The molecule has 0 aromatic heterocycles. The predicted octanol–water partition coefficient (Wildman–Crippen LogP) is 6.05. The molecular formula is C26H28O4S. The molecule has 0 saturated carbocycles. The molecule has 4 nitrogen and oxygen atoms in total. The van der Waals surface area contributed by atoms with Crippen LogP contribution >= 0.6 is 10.9 Å². The summed E-state index contributed by atoms with van der Waals surface area (Å²) in [5.41, 5.74) is -0.617. The first-order valence-electron chi connectivity index (χ1n) is 10.3. The minimum Gasteiger partial charge on any atom is -0.453 e. The van der Waals surface area contributed by atoms with Gasteiger partial charge in [-0.2, -0.15) is 10.9 Å². The van der Waals surface area contributed by atoms with Gasteiger partial charge in [0.1, 0.15) is 5.75 Å². The lowest BCUT2D eigenvalue weighted by Gasteiger charge is -2.23. The molecule has 0 N–H and O–H groups in total. The van der Waals surface area contributed by atoms with Crippen LogP contribution in [-0.4, -0.2) is 18.5 Å². The first-order chi connectivity index (χ1) is 14.9. The van der Waals surface area contributed by atoms with Crippen LogP contribution in [0.1, 0.15) is 27.2 Å². The zero-order valence-electron chi connectivity index (χ0n) is 18.1. The topological polar surface area (TPSA) is 52.6 Å². The van der Waals surface area contributed by atoms with Crippen LogP contribution in [0.25, 0.3) is 0 Å². The van der Waals surface area contributed by atoms with Crippen LogP contribution in [0.5, 0.6) is 5.75 Å². The molecule has 0 atom stereocenters. The monoisotopic (exact) mass is 436 g/mol. The maximum Gasteiger partial charge on any atom is 0.349 e. The zero-order valence-corrected chi connectivity index (χ0v) is 19.0. The normalized spacial score (nSPS) is 11.5. The Bertz CT molecular complexity index is 959. The van der Waals surface area contributed by atoms with Gasteiger partial charge in [-0.1, -0.05) is 43.3 Å². The van der Waals surface area contributed by atoms with Crippen molar-refractivity contribution in [2.45, 2.75) is 41.9 Å². The Morgan fingerprint density at radius 3 is 1.74 bits per heavy atom. The summed E-state index contributed by atoms with van der Waals surface area (Å²) in [4.78, 5) is 27.8. The van der Waals surface area contributed by atoms with E-state index in [-0.39, 0.29) is 0 Å². The average Bonchev–Trinajstić information content (AvgIpc) is 2.80. The van der Waals surface area contributed by atoms with Gasteiger partial charge in [-0.15, -0.1) is 0 Å². The van der Waals surface area contributed by atoms with E-state index in [1.165, 1.54) is 9.79 Å². The third kappa shape index (κ3) is 5.98. The highest BCUT2D eigenvalue weighted by Crippen LogP contribution is 2.51. The van der Waals surface area contributed by atoms with Crippen LogP contribution in [0.15, 0.2) is 99.6 Å². The van der Waals surface area contributed by atoms with E-state index in [4.69, 9.17) is 9.47 Å². The smallest absolute Gasteiger partial charge is 0.349 e. The molecule has 3 aromatic carbocycles. The van der Waals surface area contributed by atoms with Crippen molar-refractivity contribution in [3.63, 3.8) is 0 Å². The Labute approximate surface area is 186 Å². The van der Waals surface area contributed by atoms with E-state index in [0.29, 0.717) is 12.2 Å². The maximum atomic E-state index is 12.1. The van der Waals surface area contributed by atoms with Crippen LogP contribution < -0.4 is 4.74 Å². The second kappa shape index (κ2) is 10.3. The van der Waals surface area contributed by atoms with E-state index in [9.17, 15) is 9.59 Å². The van der Waals surface area contributed by atoms with Crippen LogP contribution in [0, 0.1) is 5.41 Å². The Kier molecular flexibility index (Phi) is 7.53. The van der Waals surface area contributed by atoms with Crippen molar-refractivity contribution in [2.24, 2.45) is 5.41 Å². The summed E-state index contributed by atoms with van der Waals surface area (Å²) in [6.07, 6.45) is 0.633. The molecule has 0 spiro atoms. The number of hydrogen-bond donors (Lipinski definition) is 1. The fraction of sp³-hybridized carbons (Fsp3) is 0.231. The lowest BCUT2D eigenvalue weighted by molar-refractivity contribution is -0.161. The average molecular weight is 437 g/mol. The van der Waals surface area contributed by atoms with Crippen molar-refractivity contribution in [3.8, 4) is 5.75 Å². The summed E-state index contributed by atoms with van der Waals surface area (Å²) < 4.78 is 10.4. The molecule has 0 amide bonds. The number of carbonyl (C=O) groups excluding carboxylic acids is 2. The quantitative estimate of drug-likeness (QED) is 0.265. The molecule has 0 aliphatic heterocycles. The van der Waals surface area contributed by atoms with Crippen molar-refractivity contribution >= 4 is 22.8 Å². The molecule has 5 heteroatoms. The summed E-state index contributed by atoms with van der Waals surface area (Å²) in [6, 6.07) is 28.3. The van der Waals surface area contributed by atoms with Gasteiger partial charge in [0, 0.05) is 0 Å². The lowest BCUT2D eigenvalue weighted by atomic mass is 9.91. The SMILES string of the molecule is CCC(C)(C)C(=O)OCC(=O)Oc1ccc([SH](c2ccccc2)c2ccccc2)cc1. The van der Waals surface area contributed by atoms with Crippen molar-refractivity contribution in [1.82, 2.24) is 0 Å². The molecule has 0 fully saturated rings. The molecule has 162 valence electrons. The molecule has 0 bridgehead atoms. The second-order valence-corrected chi connectivity index (χ2v) is 10.0. The van der Waals surface area contributed by atoms with Crippen LogP contribution in [0.4, 0.5) is 0 Å². The Morgan fingerprint density at radius 2 is 1.26 bits per heavy atom. The lowest BCUT2D eigenvalue weighted by Crippen LogP contribution is -2.29. The molecule has 0 unspecified atom stereocenters. The number of rotatable bonds is 8. The number of hydrogen-bond acceptors (Lipinski definition) is 4. The van der Waals surface area contributed by atoms with Gasteiger partial charge in [-0.25, -0.2) is 4.79 Å². The number of esters is 2. The number of thiol groups is 1. The van der Waals surface area contributed by atoms with Gasteiger partial charge in [0.15, 0.2) is 6.61 Å². The fourth-order valence-corrected chi connectivity index (χ4v) is 5.17. The molecule has 31 heavy (non-hydrogen) atoms. The fourth-order valence-electron chi connectivity index (χ4n) is 2.89. The highest BCUT2D eigenvalue weighted by molar-refractivity contribution is 8.17. The van der Waals surface area contributed by atoms with Crippen LogP contribution in [0.2, 0.25) is 0 Å². The summed E-state index contributed by atoms with van der Waals surface area (Å²) in [5.74, 6) is -0.573. The van der Waals surface area contributed by atoms with Crippen molar-refractivity contribution in [3.05, 3.63) is 84.9 Å². The zero-order chi connectivity index (χ0) is 22.3. The van der Waals surface area contributed by atoms with E-state index in [0.717, 1.165) is 4.90 Å². The minimum absolute atomic E-state index is 0.398. The summed E-state index contributed by atoms with van der Waals surface area (Å²) in [7, 11) is -0.719. The maximum absolute atomic E-state index is 12.1. The largest absolute Gasteiger partial charge is 0.453 e. The molecule has 0 radical (unpaired) electrons. The standard InChI is InChI=1S/C26H28O4S/c1-4-26(2,3)25(28)29-19-24(27)30-20-15-17-23(18-16-20)31(21-11-7-5-8-12-21)22-13-9-6-10-14-22/h5-18,31H,4,19H2,1-3H3. The number of carbonyl (C=O) groups is 2. The van der Waals surface area contributed by atoms with Gasteiger partial charge in [-0.3, -0.25) is 4.79 Å². The molecule has 0 saturated heterocycles. The molecular weight excluding hydrogens is 408 g/mol. The molecule has 0 aliphatic rings. The predicted molar refractivity (Wildman–Crippen MR) is 124 cm³/mol. The van der Waals surface area contributed by atoms with E-state index >= 15 is 0 Å². The first-order valence-corrected chi connectivity index (χ1v) is 11.6. The third-order valence-electron chi connectivity index (χ3n) is 5.11. The van der Waals surface area contributed by atoms with Crippen LogP contribution in [0.3, 0.4) is 0 Å². The summed E-state index contributed by atoms with van der Waals surface area (Å²) in [6.45, 7) is 5.08. The summed E-state index contributed by atoms with van der Waals surface area (Å²) in [5, 5.41) is 0. The van der Waals surface area contributed by atoms with E-state index in [1.807, 2.05) is 55.5 Å². The Morgan fingerprint density at radius 1 is 0.774 bits per heavy atom. The van der Waals surface area contributed by atoms with Gasteiger partial charge in [0.25, 0.3) is 0 Å². The van der Waals surface area contributed by atoms with Gasteiger partial charge in [0.05, 0.1) is 5.41 Å². The van der Waals surface area contributed by atoms with Gasteiger partial charge in [-0.05, 0) is 83.5 Å². The number of ether oxygens (including phenoxy) is 2. The van der Waals surface area contributed by atoms with Crippen molar-refractivity contribution < 1.29 is 19.1 Å². The Balaban J connectivity index is 1.71. The second-order valence-electron chi connectivity index (χ2n) is 7.79. The van der Waals surface area contributed by atoms with Crippen LogP contribution in [-0.2, 0) is 14.3 Å². The van der Waals surface area contributed by atoms with Crippen molar-refractivity contribution in [2.75, 3.05) is 6.61 Å². The van der Waals surface area contributed by atoms with E-state index < -0.39 is 34.9 Å². The highest BCUT2D eigenvalue weighted by Gasteiger charge is 2.27. The van der Waals surface area contributed by atoms with Crippen molar-refractivity contribution in [1.29, 1.82) is 0 Å². The molecule has 0 aliphatic carbocycles. The van der Waals surface area contributed by atoms with E-state index in [1.54, 1.807) is 26.0 Å². The van der Waals surface area contributed by atoms with Gasteiger partial charge in [0.2, 0.25) is 0 Å². The van der Waals surface area contributed by atoms with Gasteiger partial charge >= 0.3 is 11.9 Å². The first kappa shape index (κ1) is 22.6. The molecule has 3 rings (SSSR count). The number of benzene rings is 3. The summed E-state index contributed by atoms with van der Waals surface area (Å²) >= 11 is 0. The van der Waals surface area contributed by atoms with E-state index in [2.05, 4.69) is 24.3 Å². The third-order valence-corrected chi connectivity index (χ3v) is 7.56.